The molecule has 6 nitrogen and oxygen atoms in total. The number of carbonyl (C=O) groups excluding carboxylic acids is 2. The summed E-state index contributed by atoms with van der Waals surface area (Å²) < 4.78 is 25.7. The Morgan fingerprint density at radius 2 is 1.97 bits per heavy atom. The van der Waals surface area contributed by atoms with Crippen LogP contribution in [0.15, 0.2) is 41.3 Å². The van der Waals surface area contributed by atoms with Crippen molar-refractivity contribution in [3.8, 4) is 11.5 Å². The molecule has 10 heteroatoms. The van der Waals surface area contributed by atoms with Crippen LogP contribution in [0, 0.1) is 9.39 Å². The third-order valence-electron chi connectivity index (χ3n) is 4.29. The maximum atomic E-state index is 13.0. The van der Waals surface area contributed by atoms with Gasteiger partial charge in [-0.25, -0.2) is 4.39 Å². The van der Waals surface area contributed by atoms with Crippen LogP contribution in [0.25, 0.3) is 6.08 Å². The van der Waals surface area contributed by atoms with Gasteiger partial charge in [0.05, 0.1) is 15.1 Å². The smallest absolute Gasteiger partial charge is 0.266 e. The first kappa shape index (κ1) is 24.5. The van der Waals surface area contributed by atoms with E-state index in [1.54, 1.807) is 17.0 Å². The standard InChI is InChI=1S/C22H20FIN2O4S2/c1-3-26-21(28)18(32-22(26)31)11-13-9-16(24)20(17(10-13)29-4-2)30-12-19(27)25-15-7-5-14(23)6-8-15/h5-11H,3-4,12H2,1-2H3,(H,25,27)/b18-11-. The second kappa shape index (κ2) is 11.1. The summed E-state index contributed by atoms with van der Waals surface area (Å²) in [6.07, 6.45) is 1.77. The van der Waals surface area contributed by atoms with Gasteiger partial charge in [-0.2, -0.15) is 0 Å². The zero-order chi connectivity index (χ0) is 23.3. The second-order valence-electron chi connectivity index (χ2n) is 6.53. The quantitative estimate of drug-likeness (QED) is 0.265. The number of amides is 2. The fourth-order valence-corrected chi connectivity index (χ4v) is 5.03. The molecule has 2 amide bonds. The highest BCUT2D eigenvalue weighted by Gasteiger charge is 2.30. The number of nitrogens with one attached hydrogen (secondary N) is 1. The minimum atomic E-state index is -0.387. The molecule has 1 fully saturated rings. The summed E-state index contributed by atoms with van der Waals surface area (Å²) in [4.78, 5) is 26.8. The molecule has 2 aromatic rings. The molecule has 2 aromatic carbocycles. The van der Waals surface area contributed by atoms with Gasteiger partial charge < -0.3 is 14.8 Å². The zero-order valence-corrected chi connectivity index (χ0v) is 21.1. The van der Waals surface area contributed by atoms with Gasteiger partial charge in [-0.15, -0.1) is 0 Å². The Hall–Kier alpha value is -2.18. The van der Waals surface area contributed by atoms with Crippen molar-refractivity contribution in [2.24, 2.45) is 0 Å². The first-order valence-corrected chi connectivity index (χ1v) is 12.0. The van der Waals surface area contributed by atoms with E-state index in [1.807, 2.05) is 19.9 Å². The largest absolute Gasteiger partial charge is 0.490 e. The Kier molecular flexibility index (Phi) is 8.49. The van der Waals surface area contributed by atoms with Gasteiger partial charge in [-0.1, -0.05) is 24.0 Å². The molecule has 0 aromatic heterocycles. The van der Waals surface area contributed by atoms with E-state index in [-0.39, 0.29) is 24.2 Å². The molecule has 1 aliphatic heterocycles. The van der Waals surface area contributed by atoms with E-state index in [2.05, 4.69) is 27.9 Å². The van der Waals surface area contributed by atoms with Crippen LogP contribution in [0.1, 0.15) is 19.4 Å². The van der Waals surface area contributed by atoms with E-state index in [0.29, 0.717) is 39.6 Å². The van der Waals surface area contributed by atoms with E-state index in [4.69, 9.17) is 21.7 Å². The van der Waals surface area contributed by atoms with Crippen molar-refractivity contribution in [2.75, 3.05) is 25.1 Å². The number of thiocarbonyl (C=S) groups is 1. The molecule has 0 atom stereocenters. The summed E-state index contributed by atoms with van der Waals surface area (Å²) in [6.45, 7) is 4.40. The summed E-state index contributed by atoms with van der Waals surface area (Å²) in [5, 5.41) is 2.65. The van der Waals surface area contributed by atoms with Crippen molar-refractivity contribution in [1.29, 1.82) is 0 Å². The number of hydrogen-bond donors (Lipinski definition) is 1. The minimum absolute atomic E-state index is 0.117. The Bertz CT molecular complexity index is 1080. The van der Waals surface area contributed by atoms with Crippen LogP contribution < -0.4 is 14.8 Å². The van der Waals surface area contributed by atoms with Gasteiger partial charge in [0.15, 0.2) is 18.1 Å². The lowest BCUT2D eigenvalue weighted by Crippen LogP contribution is -2.27. The molecule has 1 N–H and O–H groups in total. The first-order chi connectivity index (χ1) is 15.3. The van der Waals surface area contributed by atoms with Gasteiger partial charge in [0, 0.05) is 12.2 Å². The lowest BCUT2D eigenvalue weighted by Gasteiger charge is -2.15. The average molecular weight is 586 g/mol. The third kappa shape index (κ3) is 5.99. The number of thioether (sulfide) groups is 1. The Morgan fingerprint density at radius 3 is 2.59 bits per heavy atom. The molecule has 1 heterocycles. The number of hydrogen-bond acceptors (Lipinski definition) is 6. The third-order valence-corrected chi connectivity index (χ3v) is 6.47. The van der Waals surface area contributed by atoms with E-state index in [0.717, 1.165) is 9.13 Å². The van der Waals surface area contributed by atoms with Crippen molar-refractivity contribution in [3.05, 3.63) is 56.3 Å². The van der Waals surface area contributed by atoms with Gasteiger partial charge in [0.25, 0.3) is 11.8 Å². The van der Waals surface area contributed by atoms with E-state index in [1.165, 1.54) is 36.0 Å². The first-order valence-electron chi connectivity index (χ1n) is 9.72. The normalized spacial score (nSPS) is 14.8. The van der Waals surface area contributed by atoms with Crippen LogP contribution >= 0.6 is 46.6 Å². The average Bonchev–Trinajstić information content (AvgIpc) is 3.01. The highest BCUT2D eigenvalue weighted by Crippen LogP contribution is 2.37. The van der Waals surface area contributed by atoms with Crippen molar-refractivity contribution in [1.82, 2.24) is 4.90 Å². The molecule has 0 spiro atoms. The van der Waals surface area contributed by atoms with Crippen LogP contribution in [-0.2, 0) is 9.59 Å². The van der Waals surface area contributed by atoms with Crippen molar-refractivity contribution in [2.45, 2.75) is 13.8 Å². The predicted molar refractivity (Wildman–Crippen MR) is 136 cm³/mol. The second-order valence-corrected chi connectivity index (χ2v) is 9.37. The monoisotopic (exact) mass is 586 g/mol. The van der Waals surface area contributed by atoms with Gasteiger partial charge in [0.2, 0.25) is 0 Å². The number of benzene rings is 2. The van der Waals surface area contributed by atoms with Crippen LogP contribution in [0.4, 0.5) is 10.1 Å². The van der Waals surface area contributed by atoms with Gasteiger partial charge in [-0.05, 0) is 84.5 Å². The molecule has 1 aliphatic rings. The maximum absolute atomic E-state index is 13.0. The highest BCUT2D eigenvalue weighted by atomic mass is 127. The fourth-order valence-electron chi connectivity index (χ4n) is 2.87. The summed E-state index contributed by atoms with van der Waals surface area (Å²) in [5.41, 5.74) is 1.23. The van der Waals surface area contributed by atoms with Crippen LogP contribution in [0.3, 0.4) is 0 Å². The number of likely N-dealkylation sites (N-methyl/N-ethyl adjacent to an activating group) is 1. The number of halogens is 2. The van der Waals surface area contributed by atoms with Gasteiger partial charge in [-0.3, -0.25) is 14.5 Å². The molecule has 0 saturated carbocycles. The van der Waals surface area contributed by atoms with E-state index in [9.17, 15) is 14.0 Å². The highest BCUT2D eigenvalue weighted by molar-refractivity contribution is 14.1. The number of anilines is 1. The van der Waals surface area contributed by atoms with E-state index < -0.39 is 0 Å². The molecule has 0 bridgehead atoms. The lowest BCUT2D eigenvalue weighted by molar-refractivity contribution is -0.122. The van der Waals surface area contributed by atoms with Crippen LogP contribution in [0.2, 0.25) is 0 Å². The fraction of sp³-hybridized carbons (Fsp3) is 0.227. The molecule has 32 heavy (non-hydrogen) atoms. The summed E-state index contributed by atoms with van der Waals surface area (Å²) in [5.74, 6) is 0.00810. The van der Waals surface area contributed by atoms with Crippen molar-refractivity contribution in [3.63, 3.8) is 0 Å². The van der Waals surface area contributed by atoms with Crippen molar-refractivity contribution < 1.29 is 23.5 Å². The Balaban J connectivity index is 1.76. The summed E-state index contributed by atoms with van der Waals surface area (Å²) in [7, 11) is 0. The van der Waals surface area contributed by atoms with Gasteiger partial charge >= 0.3 is 0 Å². The maximum Gasteiger partial charge on any atom is 0.266 e. The number of rotatable bonds is 8. The van der Waals surface area contributed by atoms with Crippen LogP contribution in [0.5, 0.6) is 11.5 Å². The Labute approximate surface area is 208 Å². The van der Waals surface area contributed by atoms with Crippen molar-refractivity contribution >= 4 is 74.5 Å². The molecule has 3 rings (SSSR count). The van der Waals surface area contributed by atoms with Crippen LogP contribution in [-0.4, -0.2) is 40.8 Å². The molecule has 0 unspecified atom stereocenters. The summed E-state index contributed by atoms with van der Waals surface area (Å²) in [6, 6.07) is 9.07. The molecule has 1 saturated heterocycles. The SMILES string of the molecule is CCOc1cc(/C=C2\SC(=S)N(CC)C2=O)cc(I)c1OCC(=O)Nc1ccc(F)cc1. The number of ether oxygens (including phenoxy) is 2. The lowest BCUT2D eigenvalue weighted by atomic mass is 10.2. The minimum Gasteiger partial charge on any atom is -0.490 e. The molecular formula is C22H20FIN2O4S2. The van der Waals surface area contributed by atoms with E-state index >= 15 is 0 Å². The molecule has 0 radical (unpaired) electrons. The Morgan fingerprint density at radius 1 is 1.25 bits per heavy atom. The zero-order valence-electron chi connectivity index (χ0n) is 17.3. The van der Waals surface area contributed by atoms with Gasteiger partial charge in [0.1, 0.15) is 10.1 Å². The molecule has 0 aliphatic carbocycles. The molecular weight excluding hydrogens is 566 g/mol. The summed E-state index contributed by atoms with van der Waals surface area (Å²) >= 11 is 8.62. The molecule has 168 valence electrons. The topological polar surface area (TPSA) is 67.9 Å². The predicted octanol–water partition coefficient (Wildman–Crippen LogP) is 5.07. The number of carbonyl (C=O) groups is 2. The number of nitrogens with zero attached hydrogens (tertiary/aromatic N) is 1.